The Kier molecular flexibility index (Phi) is 5.11. The summed E-state index contributed by atoms with van der Waals surface area (Å²) in [6.07, 6.45) is 9.09. The number of H-pyrrole nitrogens is 1. The van der Waals surface area contributed by atoms with E-state index in [1.165, 1.54) is 5.56 Å². The van der Waals surface area contributed by atoms with Crippen LogP contribution in [0.5, 0.6) is 0 Å². The number of fused-ring (bicyclic) bond motifs is 1. The number of aliphatic hydroxyl groups is 1. The fourth-order valence-electron chi connectivity index (χ4n) is 3.92. The summed E-state index contributed by atoms with van der Waals surface area (Å²) in [6, 6.07) is 10.8. The van der Waals surface area contributed by atoms with Crippen LogP contribution in [0.1, 0.15) is 37.7 Å². The molecule has 1 fully saturated rings. The van der Waals surface area contributed by atoms with Gasteiger partial charge in [-0.15, -0.1) is 0 Å². The van der Waals surface area contributed by atoms with Crippen LogP contribution in [0.2, 0.25) is 0 Å². The molecule has 0 saturated heterocycles. The second-order valence-electron chi connectivity index (χ2n) is 7.20. The number of hydrogen-bond donors (Lipinski definition) is 3. The number of aryl methyl sites for hydroxylation is 1. The van der Waals surface area contributed by atoms with Crippen LogP contribution in [-0.4, -0.2) is 37.4 Å². The number of nitrogens with zero attached hydrogens (tertiary/aromatic N) is 3. The SMILES string of the molecule is OC(CCc1ccccc1)[C@H]1CC[C@H](Nc2ncnc3[nH]ncc23)CC1. The Morgan fingerprint density at radius 3 is 2.73 bits per heavy atom. The van der Waals surface area contributed by atoms with E-state index in [9.17, 15) is 5.11 Å². The molecule has 1 atom stereocenters. The minimum atomic E-state index is -0.212. The molecule has 1 aromatic carbocycles. The van der Waals surface area contributed by atoms with Gasteiger partial charge in [-0.3, -0.25) is 5.10 Å². The molecule has 1 aliphatic carbocycles. The molecule has 0 bridgehead atoms. The van der Waals surface area contributed by atoms with Gasteiger partial charge in [-0.25, -0.2) is 9.97 Å². The van der Waals surface area contributed by atoms with Crippen molar-refractivity contribution in [1.82, 2.24) is 20.2 Å². The largest absolute Gasteiger partial charge is 0.393 e. The molecular weight excluding hydrogens is 326 g/mol. The Morgan fingerprint density at radius 1 is 1.12 bits per heavy atom. The maximum Gasteiger partial charge on any atom is 0.160 e. The molecule has 2 aromatic heterocycles. The van der Waals surface area contributed by atoms with Gasteiger partial charge in [-0.2, -0.15) is 5.10 Å². The quantitative estimate of drug-likeness (QED) is 0.634. The summed E-state index contributed by atoms with van der Waals surface area (Å²) in [7, 11) is 0. The van der Waals surface area contributed by atoms with E-state index >= 15 is 0 Å². The van der Waals surface area contributed by atoms with Crippen molar-refractivity contribution >= 4 is 16.9 Å². The van der Waals surface area contributed by atoms with E-state index < -0.39 is 0 Å². The molecule has 1 saturated carbocycles. The summed E-state index contributed by atoms with van der Waals surface area (Å²) < 4.78 is 0. The summed E-state index contributed by atoms with van der Waals surface area (Å²) in [5.41, 5.74) is 2.06. The zero-order valence-corrected chi connectivity index (χ0v) is 14.8. The highest BCUT2D eigenvalue weighted by Crippen LogP contribution is 2.31. The first-order chi connectivity index (χ1) is 12.8. The summed E-state index contributed by atoms with van der Waals surface area (Å²) >= 11 is 0. The van der Waals surface area contributed by atoms with E-state index in [2.05, 4.69) is 49.7 Å². The van der Waals surface area contributed by atoms with Crippen molar-refractivity contribution in [2.45, 2.75) is 50.7 Å². The molecule has 136 valence electrons. The van der Waals surface area contributed by atoms with Crippen LogP contribution in [0.3, 0.4) is 0 Å². The van der Waals surface area contributed by atoms with Crippen LogP contribution in [0.4, 0.5) is 5.82 Å². The van der Waals surface area contributed by atoms with Gasteiger partial charge in [-0.1, -0.05) is 30.3 Å². The fourth-order valence-corrected chi connectivity index (χ4v) is 3.92. The Labute approximate surface area is 153 Å². The van der Waals surface area contributed by atoms with Crippen molar-refractivity contribution < 1.29 is 5.11 Å². The number of hydrogen-bond acceptors (Lipinski definition) is 5. The van der Waals surface area contributed by atoms with E-state index in [0.29, 0.717) is 12.0 Å². The molecule has 1 unspecified atom stereocenters. The van der Waals surface area contributed by atoms with Crippen molar-refractivity contribution in [2.24, 2.45) is 5.92 Å². The van der Waals surface area contributed by atoms with Crippen molar-refractivity contribution in [2.75, 3.05) is 5.32 Å². The number of aliphatic hydroxyl groups excluding tert-OH is 1. The first-order valence-corrected chi connectivity index (χ1v) is 9.42. The van der Waals surface area contributed by atoms with Crippen LogP contribution >= 0.6 is 0 Å². The molecule has 0 spiro atoms. The third-order valence-corrected chi connectivity index (χ3v) is 5.48. The molecule has 0 aliphatic heterocycles. The summed E-state index contributed by atoms with van der Waals surface area (Å²) in [5.74, 6) is 1.24. The molecule has 26 heavy (non-hydrogen) atoms. The normalized spacial score (nSPS) is 21.6. The number of rotatable bonds is 6. The predicted octanol–water partition coefficient (Wildman–Crippen LogP) is 3.32. The first kappa shape index (κ1) is 17.0. The van der Waals surface area contributed by atoms with Crippen LogP contribution in [-0.2, 0) is 6.42 Å². The van der Waals surface area contributed by atoms with Gasteiger partial charge in [0.2, 0.25) is 0 Å². The van der Waals surface area contributed by atoms with Crippen LogP contribution in [0, 0.1) is 5.92 Å². The van der Waals surface area contributed by atoms with Crippen LogP contribution < -0.4 is 5.32 Å². The van der Waals surface area contributed by atoms with Crippen molar-refractivity contribution in [1.29, 1.82) is 0 Å². The van der Waals surface area contributed by atoms with Crippen molar-refractivity contribution in [3.8, 4) is 0 Å². The van der Waals surface area contributed by atoms with Gasteiger partial charge < -0.3 is 10.4 Å². The topological polar surface area (TPSA) is 86.7 Å². The van der Waals surface area contributed by atoms with Gasteiger partial charge in [0.05, 0.1) is 17.7 Å². The van der Waals surface area contributed by atoms with Crippen molar-refractivity contribution in [3.05, 3.63) is 48.4 Å². The highest BCUT2D eigenvalue weighted by atomic mass is 16.3. The zero-order valence-electron chi connectivity index (χ0n) is 14.8. The van der Waals surface area contributed by atoms with Gasteiger partial charge in [0.15, 0.2) is 5.65 Å². The third kappa shape index (κ3) is 3.85. The first-order valence-electron chi connectivity index (χ1n) is 9.42. The number of nitrogens with one attached hydrogen (secondary N) is 2. The molecule has 3 aromatic rings. The lowest BCUT2D eigenvalue weighted by molar-refractivity contribution is 0.0755. The number of aromatic nitrogens is 4. The maximum absolute atomic E-state index is 10.6. The molecule has 4 rings (SSSR count). The Bertz CT molecular complexity index is 826. The zero-order chi connectivity index (χ0) is 17.8. The lowest BCUT2D eigenvalue weighted by atomic mass is 9.81. The Morgan fingerprint density at radius 2 is 1.92 bits per heavy atom. The second kappa shape index (κ2) is 7.83. The van der Waals surface area contributed by atoms with Crippen LogP contribution in [0.25, 0.3) is 11.0 Å². The maximum atomic E-state index is 10.6. The third-order valence-electron chi connectivity index (χ3n) is 5.48. The number of anilines is 1. The van der Waals surface area contributed by atoms with Gasteiger partial charge in [0, 0.05) is 6.04 Å². The highest BCUT2D eigenvalue weighted by Gasteiger charge is 2.26. The van der Waals surface area contributed by atoms with E-state index in [1.54, 1.807) is 12.5 Å². The molecule has 2 heterocycles. The van der Waals surface area contributed by atoms with Gasteiger partial charge in [0.25, 0.3) is 0 Å². The predicted molar refractivity (Wildman–Crippen MR) is 102 cm³/mol. The average molecular weight is 351 g/mol. The molecule has 6 nitrogen and oxygen atoms in total. The van der Waals surface area contributed by atoms with E-state index in [4.69, 9.17) is 0 Å². The van der Waals surface area contributed by atoms with Gasteiger partial charge in [-0.05, 0) is 50.0 Å². The highest BCUT2D eigenvalue weighted by molar-refractivity contribution is 5.85. The smallest absolute Gasteiger partial charge is 0.160 e. The van der Waals surface area contributed by atoms with E-state index in [-0.39, 0.29) is 6.10 Å². The lowest BCUT2D eigenvalue weighted by Crippen LogP contribution is -2.32. The summed E-state index contributed by atoms with van der Waals surface area (Å²) in [5, 5.41) is 21.9. The van der Waals surface area contributed by atoms with Gasteiger partial charge in [0.1, 0.15) is 12.1 Å². The summed E-state index contributed by atoms with van der Waals surface area (Å²) in [6.45, 7) is 0. The minimum Gasteiger partial charge on any atom is -0.393 e. The standard InChI is InChI=1S/C20H25N5O/c26-18(11-6-14-4-2-1-3-5-14)15-7-9-16(10-8-15)24-19-17-12-23-25-20(17)22-13-21-19/h1-5,12-13,15-16,18,26H,6-11H2,(H2,21,22,23,24,25)/t15-,16-,18?. The lowest BCUT2D eigenvalue weighted by Gasteiger charge is -2.32. The number of aromatic amines is 1. The minimum absolute atomic E-state index is 0.212. The van der Waals surface area contributed by atoms with E-state index in [1.807, 2.05) is 6.07 Å². The molecule has 1 aliphatic rings. The van der Waals surface area contributed by atoms with Crippen LogP contribution in [0.15, 0.2) is 42.9 Å². The Hall–Kier alpha value is -2.47. The molecule has 3 N–H and O–H groups in total. The van der Waals surface area contributed by atoms with Crippen molar-refractivity contribution in [3.63, 3.8) is 0 Å². The molecule has 0 radical (unpaired) electrons. The second-order valence-corrected chi connectivity index (χ2v) is 7.20. The molecule has 0 amide bonds. The molecular formula is C20H25N5O. The average Bonchev–Trinajstić information content (AvgIpc) is 3.17. The van der Waals surface area contributed by atoms with E-state index in [0.717, 1.165) is 55.4 Å². The number of benzene rings is 1. The summed E-state index contributed by atoms with van der Waals surface area (Å²) in [4.78, 5) is 8.53. The molecule has 6 heteroatoms. The monoisotopic (exact) mass is 351 g/mol. The fraction of sp³-hybridized carbons (Fsp3) is 0.450. The van der Waals surface area contributed by atoms with Gasteiger partial charge >= 0.3 is 0 Å². The Balaban J connectivity index is 1.28.